The molecule has 6 nitrogen and oxygen atoms in total. The fourth-order valence-electron chi connectivity index (χ4n) is 2.06. The number of anilines is 1. The van der Waals surface area contributed by atoms with E-state index in [0.717, 1.165) is 11.1 Å². The zero-order valence-electron chi connectivity index (χ0n) is 10.2. The Morgan fingerprint density at radius 1 is 1.11 bits per heavy atom. The summed E-state index contributed by atoms with van der Waals surface area (Å²) in [4.78, 5) is 12.3. The number of benzene rings is 1. The highest BCUT2D eigenvalue weighted by molar-refractivity contribution is 5.81. The Balaban J connectivity index is 2.04. The summed E-state index contributed by atoms with van der Waals surface area (Å²) in [5.74, 6) is 0.374. The second-order valence-corrected chi connectivity index (χ2v) is 4.23. The summed E-state index contributed by atoms with van der Waals surface area (Å²) in [7, 11) is 0. The number of hydrogen-bond donors (Lipinski definition) is 2. The molecular formula is C13H13N5O. The van der Waals surface area contributed by atoms with Crippen molar-refractivity contribution < 1.29 is 5.11 Å². The molecule has 0 atom stereocenters. The van der Waals surface area contributed by atoms with Gasteiger partial charge in [-0.05, 0) is 11.1 Å². The molecule has 2 aromatic heterocycles. The molecule has 3 rings (SSSR count). The number of nitrogens with two attached hydrogens (primary N) is 1. The third-order valence-electron chi connectivity index (χ3n) is 3.06. The van der Waals surface area contributed by atoms with Crippen LogP contribution in [0.25, 0.3) is 11.2 Å². The molecule has 0 saturated carbocycles. The van der Waals surface area contributed by atoms with E-state index in [1.54, 1.807) is 6.33 Å². The van der Waals surface area contributed by atoms with Crippen LogP contribution in [-0.4, -0.2) is 24.6 Å². The van der Waals surface area contributed by atoms with Gasteiger partial charge in [0.05, 0.1) is 19.5 Å². The number of aliphatic hydroxyl groups is 1. The van der Waals surface area contributed by atoms with Gasteiger partial charge in [0.1, 0.15) is 11.8 Å². The minimum Gasteiger partial charge on any atom is -0.392 e. The first-order valence-electron chi connectivity index (χ1n) is 5.88. The molecule has 0 bridgehead atoms. The van der Waals surface area contributed by atoms with Gasteiger partial charge in [0.15, 0.2) is 11.5 Å². The Labute approximate surface area is 109 Å². The van der Waals surface area contributed by atoms with E-state index in [4.69, 9.17) is 5.73 Å². The van der Waals surface area contributed by atoms with E-state index < -0.39 is 0 Å². The van der Waals surface area contributed by atoms with Gasteiger partial charge in [0, 0.05) is 0 Å². The van der Waals surface area contributed by atoms with Crippen LogP contribution in [0.1, 0.15) is 11.1 Å². The molecule has 0 spiro atoms. The Bertz CT molecular complexity index is 722. The number of hydrogen-bond acceptors (Lipinski definition) is 5. The van der Waals surface area contributed by atoms with Gasteiger partial charge >= 0.3 is 0 Å². The van der Waals surface area contributed by atoms with Crippen molar-refractivity contribution in [2.24, 2.45) is 0 Å². The van der Waals surface area contributed by atoms with E-state index in [0.29, 0.717) is 23.5 Å². The van der Waals surface area contributed by atoms with Crippen LogP contribution in [-0.2, 0) is 13.2 Å². The van der Waals surface area contributed by atoms with Crippen molar-refractivity contribution in [3.05, 3.63) is 48.0 Å². The van der Waals surface area contributed by atoms with E-state index in [2.05, 4.69) is 15.0 Å². The van der Waals surface area contributed by atoms with Crippen molar-refractivity contribution in [3.8, 4) is 0 Å². The van der Waals surface area contributed by atoms with E-state index in [1.807, 2.05) is 28.8 Å². The molecule has 0 fully saturated rings. The lowest BCUT2D eigenvalue weighted by atomic mass is 10.1. The SMILES string of the molecule is Nc1ncnc2c1ncn2Cc1ccccc1CO. The zero-order valence-corrected chi connectivity index (χ0v) is 10.2. The van der Waals surface area contributed by atoms with Gasteiger partial charge < -0.3 is 15.4 Å². The number of nitrogens with zero attached hydrogens (tertiary/aromatic N) is 4. The molecule has 0 unspecified atom stereocenters. The van der Waals surface area contributed by atoms with Gasteiger partial charge in [0.2, 0.25) is 0 Å². The van der Waals surface area contributed by atoms with Gasteiger partial charge in [-0.15, -0.1) is 0 Å². The van der Waals surface area contributed by atoms with Gasteiger partial charge in [-0.25, -0.2) is 15.0 Å². The largest absolute Gasteiger partial charge is 0.392 e. The first kappa shape index (κ1) is 11.6. The standard InChI is InChI=1S/C13H13N5O/c14-12-11-13(16-7-15-12)18(8-17-11)5-9-3-1-2-4-10(9)6-19/h1-4,7-8,19H,5-6H2,(H2,14,15,16). The predicted molar refractivity (Wildman–Crippen MR) is 71.2 cm³/mol. The van der Waals surface area contributed by atoms with Crippen molar-refractivity contribution in [2.45, 2.75) is 13.2 Å². The van der Waals surface area contributed by atoms with Crippen LogP contribution in [0, 0.1) is 0 Å². The van der Waals surface area contributed by atoms with Gasteiger partial charge in [0.25, 0.3) is 0 Å². The zero-order chi connectivity index (χ0) is 13.2. The van der Waals surface area contributed by atoms with Crippen LogP contribution in [0.2, 0.25) is 0 Å². The molecule has 2 heterocycles. The minimum absolute atomic E-state index is 0.0138. The molecule has 0 aliphatic carbocycles. The highest BCUT2D eigenvalue weighted by Gasteiger charge is 2.09. The Hall–Kier alpha value is -2.47. The third kappa shape index (κ3) is 2.02. The van der Waals surface area contributed by atoms with E-state index in [9.17, 15) is 5.11 Å². The topological polar surface area (TPSA) is 89.9 Å². The summed E-state index contributed by atoms with van der Waals surface area (Å²) in [6.07, 6.45) is 3.11. The number of fused-ring (bicyclic) bond motifs is 1. The summed E-state index contributed by atoms with van der Waals surface area (Å²) in [6, 6.07) is 7.72. The minimum atomic E-state index is 0.0138. The number of nitrogen functional groups attached to an aromatic ring is 1. The number of imidazole rings is 1. The van der Waals surface area contributed by atoms with Crippen molar-refractivity contribution in [1.82, 2.24) is 19.5 Å². The molecule has 1 aromatic carbocycles. The van der Waals surface area contributed by atoms with E-state index in [-0.39, 0.29) is 6.61 Å². The molecule has 0 aliphatic heterocycles. The molecule has 0 aliphatic rings. The maximum Gasteiger partial charge on any atom is 0.165 e. The average molecular weight is 255 g/mol. The molecule has 0 saturated heterocycles. The summed E-state index contributed by atoms with van der Waals surface area (Å²) in [5, 5.41) is 9.33. The van der Waals surface area contributed by atoms with E-state index >= 15 is 0 Å². The lowest BCUT2D eigenvalue weighted by Crippen LogP contribution is -2.03. The van der Waals surface area contributed by atoms with Crippen LogP contribution in [0.5, 0.6) is 0 Å². The van der Waals surface area contributed by atoms with Crippen LogP contribution in [0.4, 0.5) is 5.82 Å². The van der Waals surface area contributed by atoms with Crippen LogP contribution < -0.4 is 5.73 Å². The quantitative estimate of drug-likeness (QED) is 0.727. The molecule has 3 aromatic rings. The first-order chi connectivity index (χ1) is 9.29. The first-order valence-corrected chi connectivity index (χ1v) is 5.88. The summed E-state index contributed by atoms with van der Waals surface area (Å²) in [5.41, 5.74) is 8.97. The van der Waals surface area contributed by atoms with Crippen molar-refractivity contribution in [3.63, 3.8) is 0 Å². The second-order valence-electron chi connectivity index (χ2n) is 4.23. The number of aromatic nitrogens is 4. The summed E-state index contributed by atoms with van der Waals surface area (Å²) < 4.78 is 1.89. The van der Waals surface area contributed by atoms with E-state index in [1.165, 1.54) is 6.33 Å². The average Bonchev–Trinajstić information content (AvgIpc) is 2.84. The lowest BCUT2D eigenvalue weighted by Gasteiger charge is -2.08. The smallest absolute Gasteiger partial charge is 0.165 e. The molecule has 19 heavy (non-hydrogen) atoms. The number of aliphatic hydroxyl groups excluding tert-OH is 1. The fraction of sp³-hybridized carbons (Fsp3) is 0.154. The van der Waals surface area contributed by atoms with Gasteiger partial charge in [-0.3, -0.25) is 0 Å². The molecule has 0 amide bonds. The highest BCUT2D eigenvalue weighted by atomic mass is 16.3. The van der Waals surface area contributed by atoms with Crippen LogP contribution in [0.15, 0.2) is 36.9 Å². The summed E-state index contributed by atoms with van der Waals surface area (Å²) >= 11 is 0. The molecule has 0 radical (unpaired) electrons. The van der Waals surface area contributed by atoms with Gasteiger partial charge in [-0.2, -0.15) is 0 Å². The highest BCUT2D eigenvalue weighted by Crippen LogP contribution is 2.17. The maximum absolute atomic E-state index is 9.33. The second kappa shape index (κ2) is 4.66. The lowest BCUT2D eigenvalue weighted by molar-refractivity contribution is 0.280. The Morgan fingerprint density at radius 2 is 1.89 bits per heavy atom. The van der Waals surface area contributed by atoms with Crippen molar-refractivity contribution in [1.29, 1.82) is 0 Å². The van der Waals surface area contributed by atoms with Crippen molar-refractivity contribution in [2.75, 3.05) is 5.73 Å². The Kier molecular flexibility index (Phi) is 2.85. The fourth-order valence-corrected chi connectivity index (χ4v) is 2.06. The number of rotatable bonds is 3. The maximum atomic E-state index is 9.33. The predicted octanol–water partition coefficient (Wildman–Crippen LogP) is 0.949. The molecule has 96 valence electrons. The molecular weight excluding hydrogens is 242 g/mol. The molecule has 6 heteroatoms. The molecule has 3 N–H and O–H groups in total. The van der Waals surface area contributed by atoms with Gasteiger partial charge in [-0.1, -0.05) is 24.3 Å². The van der Waals surface area contributed by atoms with Crippen molar-refractivity contribution >= 4 is 17.0 Å². The normalized spacial score (nSPS) is 11.0. The monoisotopic (exact) mass is 255 g/mol. The third-order valence-corrected chi connectivity index (χ3v) is 3.06. The van der Waals surface area contributed by atoms with Crippen LogP contribution in [0.3, 0.4) is 0 Å². The summed E-state index contributed by atoms with van der Waals surface area (Å²) in [6.45, 7) is 0.601. The van der Waals surface area contributed by atoms with Crippen LogP contribution >= 0.6 is 0 Å². The Morgan fingerprint density at radius 3 is 2.68 bits per heavy atom.